The first-order valence-electron chi connectivity index (χ1n) is 22.2. The Morgan fingerprint density at radius 2 is 0.925 bits per heavy atom. The van der Waals surface area contributed by atoms with Crippen LogP contribution in [0.5, 0.6) is 0 Å². The number of hydrogen-bond acceptors (Lipinski definition) is 8. The molecule has 0 spiro atoms. The summed E-state index contributed by atoms with van der Waals surface area (Å²) >= 11 is 0. The van der Waals surface area contributed by atoms with Gasteiger partial charge in [0.15, 0.2) is 6.10 Å². The molecule has 0 aliphatic carbocycles. The number of nitrogens with two attached hydrogens (primary N) is 1. The summed E-state index contributed by atoms with van der Waals surface area (Å²) in [7, 11) is -4.37. The van der Waals surface area contributed by atoms with E-state index in [2.05, 4.69) is 26.0 Å². The molecule has 0 aromatic heterocycles. The van der Waals surface area contributed by atoms with Crippen molar-refractivity contribution in [1.82, 2.24) is 0 Å². The van der Waals surface area contributed by atoms with E-state index >= 15 is 0 Å². The molecule has 10 heteroatoms. The molecule has 0 aromatic carbocycles. The molecule has 0 bridgehead atoms. The van der Waals surface area contributed by atoms with Crippen LogP contribution in [0.1, 0.15) is 219 Å². The Bertz CT molecular complexity index is 886. The second-order valence-electron chi connectivity index (χ2n) is 14.9. The highest BCUT2D eigenvalue weighted by atomic mass is 31.2. The van der Waals surface area contributed by atoms with Crippen LogP contribution >= 0.6 is 7.82 Å². The Hall–Kier alpha value is -1.25. The third-order valence-electron chi connectivity index (χ3n) is 9.65. The standard InChI is InChI=1S/C43H84NO8P/c1-3-5-7-9-11-13-15-17-18-19-20-21-22-24-26-28-30-32-34-36-43(46)52-41(40-51-53(47,48)50-38-37-44)39-49-42(45)35-33-31-29-27-25-23-16-14-12-10-8-6-4-2/h14,16,41H,3-13,15,17-40,44H2,1-2H3,(H,47,48)/b16-14-/t41-/m1/s1. The number of unbranched alkanes of at least 4 members (excludes halogenated alkanes) is 27. The lowest BCUT2D eigenvalue weighted by atomic mass is 10.0. The van der Waals surface area contributed by atoms with Gasteiger partial charge in [0.05, 0.1) is 13.2 Å². The Labute approximate surface area is 326 Å². The van der Waals surface area contributed by atoms with E-state index in [0.29, 0.717) is 6.42 Å². The summed E-state index contributed by atoms with van der Waals surface area (Å²) in [6.45, 7) is 3.74. The van der Waals surface area contributed by atoms with Crippen LogP contribution in [0.15, 0.2) is 12.2 Å². The quantitative estimate of drug-likeness (QED) is 0.0269. The Morgan fingerprint density at radius 1 is 0.547 bits per heavy atom. The summed E-state index contributed by atoms with van der Waals surface area (Å²) in [6, 6.07) is 0. The first-order valence-corrected chi connectivity index (χ1v) is 23.7. The molecule has 0 fully saturated rings. The van der Waals surface area contributed by atoms with Gasteiger partial charge in [-0.25, -0.2) is 4.57 Å². The van der Waals surface area contributed by atoms with Crippen molar-refractivity contribution in [2.45, 2.75) is 225 Å². The van der Waals surface area contributed by atoms with Gasteiger partial charge in [-0.05, 0) is 38.5 Å². The predicted molar refractivity (Wildman–Crippen MR) is 220 cm³/mol. The zero-order valence-corrected chi connectivity index (χ0v) is 35.4. The average Bonchev–Trinajstić information content (AvgIpc) is 3.14. The molecule has 0 rings (SSSR count). The minimum atomic E-state index is -4.37. The fourth-order valence-corrected chi connectivity index (χ4v) is 7.10. The lowest BCUT2D eigenvalue weighted by Crippen LogP contribution is -2.29. The first-order chi connectivity index (χ1) is 25.8. The fraction of sp³-hybridized carbons (Fsp3) is 0.907. The maximum Gasteiger partial charge on any atom is 0.472 e. The Kier molecular flexibility index (Phi) is 39.5. The van der Waals surface area contributed by atoms with E-state index < -0.39 is 26.5 Å². The minimum absolute atomic E-state index is 0.0552. The molecule has 0 saturated carbocycles. The Morgan fingerprint density at radius 3 is 1.36 bits per heavy atom. The third kappa shape index (κ3) is 40.2. The molecule has 9 nitrogen and oxygen atoms in total. The summed E-state index contributed by atoms with van der Waals surface area (Å²) in [4.78, 5) is 34.8. The van der Waals surface area contributed by atoms with Gasteiger partial charge in [0.2, 0.25) is 0 Å². The number of allylic oxidation sites excluding steroid dienone is 2. The fourth-order valence-electron chi connectivity index (χ4n) is 6.34. The van der Waals surface area contributed by atoms with Crippen LogP contribution in [-0.2, 0) is 32.7 Å². The summed E-state index contributed by atoms with van der Waals surface area (Å²) < 4.78 is 32.8. The number of rotatable bonds is 42. The normalized spacial score (nSPS) is 13.4. The molecule has 0 heterocycles. The van der Waals surface area contributed by atoms with Crippen molar-refractivity contribution in [2.24, 2.45) is 5.73 Å². The van der Waals surface area contributed by atoms with Crippen molar-refractivity contribution >= 4 is 19.8 Å². The first kappa shape index (κ1) is 51.8. The molecular weight excluding hydrogens is 689 g/mol. The van der Waals surface area contributed by atoms with Crippen LogP contribution in [-0.4, -0.2) is 49.3 Å². The van der Waals surface area contributed by atoms with Crippen molar-refractivity contribution in [3.63, 3.8) is 0 Å². The van der Waals surface area contributed by atoms with Gasteiger partial charge in [-0.2, -0.15) is 0 Å². The Balaban J connectivity index is 4.09. The number of carbonyl (C=O) groups excluding carboxylic acids is 2. The van der Waals surface area contributed by atoms with E-state index in [1.165, 1.54) is 135 Å². The van der Waals surface area contributed by atoms with Crippen LogP contribution in [0.4, 0.5) is 0 Å². The van der Waals surface area contributed by atoms with Crippen LogP contribution in [0.25, 0.3) is 0 Å². The van der Waals surface area contributed by atoms with Crippen LogP contribution in [0.2, 0.25) is 0 Å². The highest BCUT2D eigenvalue weighted by molar-refractivity contribution is 7.47. The maximum absolute atomic E-state index is 12.6. The van der Waals surface area contributed by atoms with Crippen molar-refractivity contribution in [3.8, 4) is 0 Å². The topological polar surface area (TPSA) is 134 Å². The molecule has 0 radical (unpaired) electrons. The molecule has 0 amide bonds. The largest absolute Gasteiger partial charge is 0.472 e. The van der Waals surface area contributed by atoms with Crippen LogP contribution in [0, 0.1) is 0 Å². The smallest absolute Gasteiger partial charge is 0.462 e. The van der Waals surface area contributed by atoms with E-state index in [9.17, 15) is 19.0 Å². The van der Waals surface area contributed by atoms with Gasteiger partial charge in [-0.15, -0.1) is 0 Å². The van der Waals surface area contributed by atoms with Crippen molar-refractivity contribution in [3.05, 3.63) is 12.2 Å². The molecule has 2 atom stereocenters. The van der Waals surface area contributed by atoms with Gasteiger partial charge in [0, 0.05) is 19.4 Å². The maximum atomic E-state index is 12.6. The molecule has 0 aliphatic rings. The van der Waals surface area contributed by atoms with Gasteiger partial charge < -0.3 is 20.1 Å². The van der Waals surface area contributed by atoms with E-state index in [4.69, 9.17) is 24.3 Å². The van der Waals surface area contributed by atoms with E-state index in [-0.39, 0.29) is 38.6 Å². The second kappa shape index (κ2) is 40.4. The van der Waals surface area contributed by atoms with Crippen molar-refractivity contribution in [1.29, 1.82) is 0 Å². The van der Waals surface area contributed by atoms with Gasteiger partial charge in [0.25, 0.3) is 0 Å². The average molecular weight is 774 g/mol. The van der Waals surface area contributed by atoms with E-state index in [1.54, 1.807) is 0 Å². The summed E-state index contributed by atoms with van der Waals surface area (Å²) in [5, 5.41) is 0. The lowest BCUT2D eigenvalue weighted by molar-refractivity contribution is -0.161. The van der Waals surface area contributed by atoms with Gasteiger partial charge in [-0.1, -0.05) is 180 Å². The summed E-state index contributed by atoms with van der Waals surface area (Å²) in [5.74, 6) is -0.828. The molecule has 53 heavy (non-hydrogen) atoms. The van der Waals surface area contributed by atoms with E-state index in [1.807, 2.05) is 0 Å². The molecule has 314 valence electrons. The molecule has 0 saturated heterocycles. The predicted octanol–water partition coefficient (Wildman–Crippen LogP) is 12.6. The monoisotopic (exact) mass is 774 g/mol. The second-order valence-corrected chi connectivity index (χ2v) is 16.4. The lowest BCUT2D eigenvalue weighted by Gasteiger charge is -2.19. The number of hydrogen-bond donors (Lipinski definition) is 2. The highest BCUT2D eigenvalue weighted by Crippen LogP contribution is 2.43. The number of esters is 2. The van der Waals surface area contributed by atoms with Crippen molar-refractivity contribution < 1.29 is 37.6 Å². The van der Waals surface area contributed by atoms with Gasteiger partial charge in [-0.3, -0.25) is 18.6 Å². The number of phosphoric ester groups is 1. The zero-order valence-electron chi connectivity index (χ0n) is 34.5. The molecular formula is C43H84NO8P. The number of phosphoric acid groups is 1. The van der Waals surface area contributed by atoms with Gasteiger partial charge in [0.1, 0.15) is 6.61 Å². The number of ether oxygens (including phenoxy) is 2. The van der Waals surface area contributed by atoms with E-state index in [0.717, 1.165) is 51.4 Å². The highest BCUT2D eigenvalue weighted by Gasteiger charge is 2.26. The van der Waals surface area contributed by atoms with Crippen molar-refractivity contribution in [2.75, 3.05) is 26.4 Å². The van der Waals surface area contributed by atoms with Crippen LogP contribution in [0.3, 0.4) is 0 Å². The number of carbonyl (C=O) groups is 2. The van der Waals surface area contributed by atoms with Gasteiger partial charge >= 0.3 is 19.8 Å². The molecule has 0 aliphatic heterocycles. The molecule has 0 aromatic rings. The third-order valence-corrected chi connectivity index (χ3v) is 10.6. The summed E-state index contributed by atoms with van der Waals surface area (Å²) in [5.41, 5.74) is 5.35. The summed E-state index contributed by atoms with van der Waals surface area (Å²) in [6.07, 6.45) is 41.0. The SMILES string of the molecule is CCCCCC/C=C\CCCCCCCC(=O)OC[C@H](COP(=O)(O)OCCN)OC(=O)CCCCCCCCCCCCCCCCCCCCC. The molecule has 3 N–H and O–H groups in total. The van der Waals surface area contributed by atoms with Crippen LogP contribution < -0.4 is 5.73 Å². The molecule has 1 unspecified atom stereocenters. The zero-order chi connectivity index (χ0) is 38.9. The minimum Gasteiger partial charge on any atom is -0.462 e.